The van der Waals surface area contributed by atoms with Gasteiger partial charge in [-0.05, 0) is 12.1 Å². The van der Waals surface area contributed by atoms with Crippen molar-refractivity contribution in [2.75, 3.05) is 5.73 Å². The maximum Gasteiger partial charge on any atom is 0.262 e. The normalized spacial score (nSPS) is 9.71. The Morgan fingerprint density at radius 3 is 2.43 bits per heavy atom. The van der Waals surface area contributed by atoms with Crippen molar-refractivity contribution in [2.24, 2.45) is 0 Å². The minimum absolute atomic E-state index is 0.288. The van der Waals surface area contributed by atoms with Crippen LogP contribution in [0.25, 0.3) is 0 Å². The summed E-state index contributed by atoms with van der Waals surface area (Å²) < 4.78 is 5.41. The summed E-state index contributed by atoms with van der Waals surface area (Å²) in [6.07, 6.45) is 3.06. The summed E-state index contributed by atoms with van der Waals surface area (Å²) in [6, 6.07) is 9.32. The van der Waals surface area contributed by atoms with Crippen molar-refractivity contribution in [1.82, 2.24) is 9.97 Å². The molecule has 0 amide bonds. The van der Waals surface area contributed by atoms with E-state index in [1.54, 1.807) is 0 Å². The van der Waals surface area contributed by atoms with Crippen LogP contribution in [0.3, 0.4) is 0 Å². The Morgan fingerprint density at radius 2 is 1.71 bits per heavy atom. The summed E-state index contributed by atoms with van der Waals surface area (Å²) in [5.74, 6) is 1.31. The lowest BCUT2D eigenvalue weighted by Gasteiger charge is -2.04. The largest absolute Gasteiger partial charge is 0.436 e. The highest BCUT2D eigenvalue weighted by Gasteiger charge is 2.02. The van der Waals surface area contributed by atoms with Gasteiger partial charge >= 0.3 is 0 Å². The van der Waals surface area contributed by atoms with E-state index in [0.29, 0.717) is 11.6 Å². The predicted octanol–water partition coefficient (Wildman–Crippen LogP) is 1.85. The van der Waals surface area contributed by atoms with E-state index in [2.05, 4.69) is 9.97 Å². The molecule has 0 bridgehead atoms. The molecule has 14 heavy (non-hydrogen) atoms. The Bertz CT molecular complexity index is 417. The third-order valence-electron chi connectivity index (χ3n) is 1.65. The maximum atomic E-state index is 5.57. The zero-order chi connectivity index (χ0) is 9.80. The molecule has 0 fully saturated rings. The Labute approximate surface area is 81.4 Å². The lowest BCUT2D eigenvalue weighted by molar-refractivity contribution is 0.463. The number of para-hydroxylation sites is 1. The van der Waals surface area contributed by atoms with Crippen molar-refractivity contribution in [2.45, 2.75) is 0 Å². The van der Waals surface area contributed by atoms with Crippen molar-refractivity contribution >= 4 is 5.82 Å². The van der Waals surface area contributed by atoms with Gasteiger partial charge in [0.2, 0.25) is 0 Å². The summed E-state index contributed by atoms with van der Waals surface area (Å²) in [6.45, 7) is 0. The van der Waals surface area contributed by atoms with Gasteiger partial charge in [-0.1, -0.05) is 18.2 Å². The Kier molecular flexibility index (Phi) is 2.27. The lowest BCUT2D eigenvalue weighted by Crippen LogP contribution is -1.96. The van der Waals surface area contributed by atoms with Crippen LogP contribution < -0.4 is 10.5 Å². The van der Waals surface area contributed by atoms with Gasteiger partial charge in [0.25, 0.3) is 5.88 Å². The van der Waals surface area contributed by atoms with E-state index in [1.807, 2.05) is 30.3 Å². The minimum atomic E-state index is 0.288. The molecule has 1 aromatic heterocycles. The molecule has 2 N–H and O–H groups in total. The third-order valence-corrected chi connectivity index (χ3v) is 1.65. The molecule has 0 aliphatic carbocycles. The van der Waals surface area contributed by atoms with E-state index < -0.39 is 0 Å². The first-order valence-electron chi connectivity index (χ1n) is 4.15. The van der Waals surface area contributed by atoms with Crippen LogP contribution >= 0.6 is 0 Å². The minimum Gasteiger partial charge on any atom is -0.436 e. The maximum absolute atomic E-state index is 5.57. The number of nitrogens with two attached hydrogens (primary N) is 1. The number of rotatable bonds is 2. The van der Waals surface area contributed by atoms with Crippen LogP contribution in [0, 0.1) is 0 Å². The molecular formula is C10H9N3O. The highest BCUT2D eigenvalue weighted by atomic mass is 16.5. The first kappa shape index (κ1) is 8.50. The van der Waals surface area contributed by atoms with Crippen LogP contribution in [0.1, 0.15) is 0 Å². The zero-order valence-corrected chi connectivity index (χ0v) is 7.42. The molecule has 0 atom stereocenters. The summed E-state index contributed by atoms with van der Waals surface area (Å²) in [4.78, 5) is 7.83. The first-order chi connectivity index (χ1) is 6.86. The van der Waals surface area contributed by atoms with Crippen LogP contribution in [-0.2, 0) is 0 Å². The van der Waals surface area contributed by atoms with Gasteiger partial charge in [0.1, 0.15) is 5.75 Å². The van der Waals surface area contributed by atoms with Gasteiger partial charge in [-0.25, -0.2) is 9.97 Å². The van der Waals surface area contributed by atoms with Gasteiger partial charge < -0.3 is 10.5 Å². The van der Waals surface area contributed by atoms with Gasteiger partial charge in [0.15, 0.2) is 5.82 Å². The highest BCUT2D eigenvalue weighted by molar-refractivity contribution is 5.41. The fourth-order valence-electron chi connectivity index (χ4n) is 1.01. The molecule has 0 saturated carbocycles. The van der Waals surface area contributed by atoms with Crippen LogP contribution in [0.4, 0.5) is 5.82 Å². The number of anilines is 1. The number of nitrogen functional groups attached to an aromatic ring is 1. The number of benzene rings is 1. The number of nitrogens with zero attached hydrogens (tertiary/aromatic N) is 2. The quantitative estimate of drug-likeness (QED) is 0.779. The standard InChI is InChI=1S/C10H9N3O/c11-9-10(13-7-6-12-9)14-8-4-2-1-3-5-8/h1-7H,(H2,11,12). The molecule has 0 radical (unpaired) electrons. The van der Waals surface area contributed by atoms with Crippen LogP contribution in [0.2, 0.25) is 0 Å². The summed E-state index contributed by atoms with van der Waals surface area (Å²) in [5.41, 5.74) is 5.57. The Morgan fingerprint density at radius 1 is 1.00 bits per heavy atom. The highest BCUT2D eigenvalue weighted by Crippen LogP contribution is 2.21. The smallest absolute Gasteiger partial charge is 0.262 e. The van der Waals surface area contributed by atoms with E-state index in [0.717, 1.165) is 0 Å². The second-order valence-electron chi connectivity index (χ2n) is 2.66. The van der Waals surface area contributed by atoms with E-state index in [9.17, 15) is 0 Å². The van der Waals surface area contributed by atoms with Crippen molar-refractivity contribution in [3.63, 3.8) is 0 Å². The lowest BCUT2D eigenvalue weighted by atomic mass is 10.3. The SMILES string of the molecule is Nc1nccnc1Oc1ccccc1. The molecule has 2 rings (SSSR count). The topological polar surface area (TPSA) is 61.0 Å². The molecule has 4 heteroatoms. The molecule has 0 aliphatic heterocycles. The predicted molar refractivity (Wildman–Crippen MR) is 53.0 cm³/mol. The second kappa shape index (κ2) is 3.74. The Balaban J connectivity index is 2.24. The van der Waals surface area contributed by atoms with Crippen LogP contribution in [0.15, 0.2) is 42.7 Å². The Hall–Kier alpha value is -2.10. The van der Waals surface area contributed by atoms with Gasteiger partial charge in [0.05, 0.1) is 0 Å². The molecule has 2 aromatic rings. The fraction of sp³-hybridized carbons (Fsp3) is 0. The molecule has 0 aliphatic rings. The summed E-state index contributed by atoms with van der Waals surface area (Å²) >= 11 is 0. The van der Waals surface area contributed by atoms with Crippen LogP contribution in [-0.4, -0.2) is 9.97 Å². The van der Waals surface area contributed by atoms with Crippen molar-refractivity contribution in [3.8, 4) is 11.6 Å². The van der Waals surface area contributed by atoms with Gasteiger partial charge in [-0.2, -0.15) is 0 Å². The van der Waals surface area contributed by atoms with Crippen molar-refractivity contribution in [3.05, 3.63) is 42.7 Å². The summed E-state index contributed by atoms with van der Waals surface area (Å²) in [5, 5.41) is 0. The number of hydrogen-bond acceptors (Lipinski definition) is 4. The van der Waals surface area contributed by atoms with Crippen molar-refractivity contribution < 1.29 is 4.74 Å². The van der Waals surface area contributed by atoms with E-state index in [4.69, 9.17) is 10.5 Å². The number of ether oxygens (including phenoxy) is 1. The molecule has 70 valence electrons. The number of hydrogen-bond donors (Lipinski definition) is 1. The monoisotopic (exact) mass is 187 g/mol. The first-order valence-corrected chi connectivity index (χ1v) is 4.15. The fourth-order valence-corrected chi connectivity index (χ4v) is 1.01. The second-order valence-corrected chi connectivity index (χ2v) is 2.66. The molecule has 0 unspecified atom stereocenters. The van der Waals surface area contributed by atoms with Gasteiger partial charge in [-0.3, -0.25) is 0 Å². The van der Waals surface area contributed by atoms with Crippen LogP contribution in [0.5, 0.6) is 11.6 Å². The van der Waals surface area contributed by atoms with Gasteiger partial charge in [0, 0.05) is 12.4 Å². The average Bonchev–Trinajstić information content (AvgIpc) is 2.23. The third kappa shape index (κ3) is 1.80. The van der Waals surface area contributed by atoms with E-state index in [1.165, 1.54) is 12.4 Å². The van der Waals surface area contributed by atoms with Gasteiger partial charge in [-0.15, -0.1) is 0 Å². The molecular weight excluding hydrogens is 178 g/mol. The van der Waals surface area contributed by atoms with E-state index >= 15 is 0 Å². The molecule has 1 aromatic carbocycles. The zero-order valence-electron chi connectivity index (χ0n) is 7.42. The molecule has 1 heterocycles. The average molecular weight is 187 g/mol. The molecule has 4 nitrogen and oxygen atoms in total. The molecule has 0 spiro atoms. The van der Waals surface area contributed by atoms with Crippen molar-refractivity contribution in [1.29, 1.82) is 0 Å². The molecule has 0 saturated heterocycles. The summed E-state index contributed by atoms with van der Waals surface area (Å²) in [7, 11) is 0. The number of aromatic nitrogens is 2. The van der Waals surface area contributed by atoms with E-state index in [-0.39, 0.29) is 5.82 Å².